The highest BCUT2D eigenvalue weighted by atomic mass is 19.1. The van der Waals surface area contributed by atoms with Crippen molar-refractivity contribution in [1.29, 1.82) is 0 Å². The van der Waals surface area contributed by atoms with E-state index >= 15 is 0 Å². The molecule has 1 aliphatic rings. The van der Waals surface area contributed by atoms with Crippen LogP contribution in [0.1, 0.15) is 35.2 Å². The lowest BCUT2D eigenvalue weighted by Gasteiger charge is -2.06. The molecule has 0 saturated heterocycles. The molecule has 0 radical (unpaired) electrons. The smallest absolute Gasteiger partial charge is 0.254 e. The van der Waals surface area contributed by atoms with Crippen molar-refractivity contribution < 1.29 is 9.18 Å². The number of hydrogen-bond donors (Lipinski definition) is 1. The van der Waals surface area contributed by atoms with Gasteiger partial charge in [-0.25, -0.2) is 4.39 Å². The highest BCUT2D eigenvalue weighted by Crippen LogP contribution is 2.31. The second-order valence-corrected chi connectivity index (χ2v) is 4.47. The predicted molar refractivity (Wildman–Crippen MR) is 60.8 cm³/mol. The Bertz CT molecular complexity index is 399. The molecule has 2 rings (SSSR count). The minimum Gasteiger partial charge on any atom is -0.352 e. The van der Waals surface area contributed by atoms with Crippen LogP contribution in [0.2, 0.25) is 0 Å². The third-order valence-electron chi connectivity index (χ3n) is 2.90. The molecule has 1 N–H and O–H groups in total. The summed E-state index contributed by atoms with van der Waals surface area (Å²) in [5.41, 5.74) is 1.05. The molecule has 0 unspecified atom stereocenters. The average Bonchev–Trinajstić information content (AvgIpc) is 3.05. The number of carbonyl (C=O) groups excluding carboxylic acids is 1. The molecule has 3 heteroatoms. The summed E-state index contributed by atoms with van der Waals surface area (Å²) in [5.74, 6) is 0.0269. The molecule has 0 bridgehead atoms. The van der Waals surface area contributed by atoms with Crippen LogP contribution in [-0.4, -0.2) is 12.5 Å². The van der Waals surface area contributed by atoms with Crippen molar-refractivity contribution in [2.45, 2.75) is 26.2 Å². The number of halogens is 1. The van der Waals surface area contributed by atoms with Gasteiger partial charge in [-0.05, 0) is 31.4 Å². The van der Waals surface area contributed by atoms with E-state index in [4.69, 9.17) is 0 Å². The second kappa shape index (κ2) is 4.64. The van der Waals surface area contributed by atoms with Gasteiger partial charge < -0.3 is 5.32 Å². The maximum Gasteiger partial charge on any atom is 0.254 e. The monoisotopic (exact) mass is 221 g/mol. The van der Waals surface area contributed by atoms with Gasteiger partial charge in [-0.2, -0.15) is 0 Å². The molecule has 0 atom stereocenters. The first-order valence-corrected chi connectivity index (χ1v) is 5.71. The van der Waals surface area contributed by atoms with E-state index in [0.29, 0.717) is 6.54 Å². The molecular formula is C13H16FNO. The molecule has 1 fully saturated rings. The zero-order valence-electron chi connectivity index (χ0n) is 9.42. The molecule has 0 aliphatic heterocycles. The third kappa shape index (κ3) is 2.81. The molecule has 0 heterocycles. The van der Waals surface area contributed by atoms with Crippen LogP contribution in [0.5, 0.6) is 0 Å². The van der Waals surface area contributed by atoms with Gasteiger partial charge in [0.25, 0.3) is 5.91 Å². The van der Waals surface area contributed by atoms with Crippen LogP contribution in [0.25, 0.3) is 0 Å². The molecule has 1 aliphatic carbocycles. The Morgan fingerprint density at radius 2 is 2.25 bits per heavy atom. The predicted octanol–water partition coefficient (Wildman–Crippen LogP) is 2.66. The molecule has 16 heavy (non-hydrogen) atoms. The van der Waals surface area contributed by atoms with Gasteiger partial charge >= 0.3 is 0 Å². The quantitative estimate of drug-likeness (QED) is 0.832. The van der Waals surface area contributed by atoms with Crippen LogP contribution in [-0.2, 0) is 0 Å². The van der Waals surface area contributed by atoms with Gasteiger partial charge in [-0.1, -0.05) is 24.5 Å². The molecule has 1 amide bonds. The minimum atomic E-state index is -0.450. The van der Waals surface area contributed by atoms with Crippen molar-refractivity contribution >= 4 is 5.91 Å². The van der Waals surface area contributed by atoms with E-state index in [1.54, 1.807) is 12.1 Å². The third-order valence-corrected chi connectivity index (χ3v) is 2.90. The van der Waals surface area contributed by atoms with Crippen molar-refractivity contribution in [2.24, 2.45) is 5.92 Å². The first kappa shape index (κ1) is 11.1. The normalized spacial score (nSPS) is 14.9. The van der Waals surface area contributed by atoms with Crippen LogP contribution < -0.4 is 5.32 Å². The summed E-state index contributed by atoms with van der Waals surface area (Å²) >= 11 is 0. The molecular weight excluding hydrogens is 205 g/mol. The van der Waals surface area contributed by atoms with Gasteiger partial charge in [0, 0.05) is 6.54 Å². The van der Waals surface area contributed by atoms with Gasteiger partial charge in [-0.3, -0.25) is 4.79 Å². The molecule has 86 valence electrons. The summed E-state index contributed by atoms with van der Waals surface area (Å²) in [6, 6.07) is 4.59. The van der Waals surface area contributed by atoms with E-state index in [1.165, 1.54) is 18.9 Å². The Labute approximate surface area is 94.9 Å². The van der Waals surface area contributed by atoms with E-state index < -0.39 is 5.82 Å². The number of benzene rings is 1. The Kier molecular flexibility index (Phi) is 3.22. The summed E-state index contributed by atoms with van der Waals surface area (Å²) < 4.78 is 13.4. The number of carbonyl (C=O) groups is 1. The van der Waals surface area contributed by atoms with Gasteiger partial charge in [0.15, 0.2) is 0 Å². The Hall–Kier alpha value is -1.38. The van der Waals surface area contributed by atoms with Gasteiger partial charge in [0.05, 0.1) is 5.56 Å². The standard InChI is InChI=1S/C13H16FNO/c1-9-2-5-12(14)11(8-9)13(16)15-7-6-10-3-4-10/h2,5,8,10H,3-4,6-7H2,1H3,(H,15,16). The van der Waals surface area contributed by atoms with E-state index in [-0.39, 0.29) is 11.5 Å². The van der Waals surface area contributed by atoms with Crippen LogP contribution in [0.4, 0.5) is 4.39 Å². The fourth-order valence-corrected chi connectivity index (χ4v) is 1.70. The molecule has 0 spiro atoms. The van der Waals surface area contributed by atoms with Crippen molar-refractivity contribution in [3.05, 3.63) is 35.1 Å². The number of nitrogens with one attached hydrogen (secondary N) is 1. The first-order valence-electron chi connectivity index (χ1n) is 5.71. The van der Waals surface area contributed by atoms with Crippen LogP contribution in [0.3, 0.4) is 0 Å². The van der Waals surface area contributed by atoms with E-state index in [0.717, 1.165) is 17.9 Å². The highest BCUT2D eigenvalue weighted by molar-refractivity contribution is 5.94. The topological polar surface area (TPSA) is 29.1 Å². The van der Waals surface area contributed by atoms with Crippen molar-refractivity contribution in [3.8, 4) is 0 Å². The SMILES string of the molecule is Cc1ccc(F)c(C(=O)NCCC2CC2)c1. The maximum atomic E-state index is 13.4. The van der Waals surface area contributed by atoms with E-state index in [1.807, 2.05) is 6.92 Å². The van der Waals surface area contributed by atoms with Crippen LogP contribution in [0, 0.1) is 18.7 Å². The molecule has 1 aromatic rings. The van der Waals surface area contributed by atoms with E-state index in [2.05, 4.69) is 5.32 Å². The van der Waals surface area contributed by atoms with Crippen LogP contribution in [0.15, 0.2) is 18.2 Å². The number of hydrogen-bond acceptors (Lipinski definition) is 1. The molecule has 1 saturated carbocycles. The average molecular weight is 221 g/mol. The lowest BCUT2D eigenvalue weighted by molar-refractivity contribution is 0.0948. The highest BCUT2D eigenvalue weighted by Gasteiger charge is 2.21. The largest absolute Gasteiger partial charge is 0.352 e. The minimum absolute atomic E-state index is 0.149. The van der Waals surface area contributed by atoms with E-state index in [9.17, 15) is 9.18 Å². The Morgan fingerprint density at radius 3 is 2.94 bits per heavy atom. The van der Waals surface area contributed by atoms with Gasteiger partial charge in [-0.15, -0.1) is 0 Å². The summed E-state index contributed by atoms with van der Waals surface area (Å²) in [4.78, 5) is 11.7. The van der Waals surface area contributed by atoms with Crippen molar-refractivity contribution in [1.82, 2.24) is 5.32 Å². The number of aryl methyl sites for hydroxylation is 1. The lowest BCUT2D eigenvalue weighted by atomic mass is 10.1. The fourth-order valence-electron chi connectivity index (χ4n) is 1.70. The molecule has 2 nitrogen and oxygen atoms in total. The van der Waals surface area contributed by atoms with Gasteiger partial charge in [0.1, 0.15) is 5.82 Å². The Morgan fingerprint density at radius 1 is 1.50 bits per heavy atom. The summed E-state index contributed by atoms with van der Waals surface area (Å²) in [6.07, 6.45) is 3.56. The summed E-state index contributed by atoms with van der Waals surface area (Å²) in [7, 11) is 0. The van der Waals surface area contributed by atoms with Crippen LogP contribution >= 0.6 is 0 Å². The van der Waals surface area contributed by atoms with Crippen molar-refractivity contribution in [2.75, 3.05) is 6.54 Å². The summed E-state index contributed by atoms with van der Waals surface area (Å²) in [6.45, 7) is 2.50. The Balaban J connectivity index is 1.93. The zero-order chi connectivity index (χ0) is 11.5. The maximum absolute atomic E-state index is 13.4. The number of rotatable bonds is 4. The number of amides is 1. The zero-order valence-corrected chi connectivity index (χ0v) is 9.42. The molecule has 0 aromatic heterocycles. The van der Waals surface area contributed by atoms with Gasteiger partial charge in [0.2, 0.25) is 0 Å². The lowest BCUT2D eigenvalue weighted by Crippen LogP contribution is -2.25. The first-order chi connectivity index (χ1) is 7.66. The molecule has 1 aromatic carbocycles. The van der Waals surface area contributed by atoms with Crippen molar-refractivity contribution in [3.63, 3.8) is 0 Å². The second-order valence-electron chi connectivity index (χ2n) is 4.47. The summed E-state index contributed by atoms with van der Waals surface area (Å²) in [5, 5.41) is 2.76. The fraction of sp³-hybridized carbons (Fsp3) is 0.462.